The molecule has 1 amide bonds. The molecule has 2 aliphatic heterocycles. The lowest BCUT2D eigenvalue weighted by atomic mass is 9.92. The van der Waals surface area contributed by atoms with Crippen LogP contribution in [0.25, 0.3) is 6.08 Å². The molecule has 0 fully saturated rings. The smallest absolute Gasteiger partial charge is 0.252 e. The van der Waals surface area contributed by atoms with Crippen molar-refractivity contribution < 1.29 is 14.6 Å². The van der Waals surface area contributed by atoms with Crippen molar-refractivity contribution in [2.45, 2.75) is 65.5 Å². The summed E-state index contributed by atoms with van der Waals surface area (Å²) in [5.41, 5.74) is 4.33. The van der Waals surface area contributed by atoms with Crippen LogP contribution in [0.2, 0.25) is 0 Å². The molecular weight excluding hydrogens is 338 g/mol. The first kappa shape index (κ1) is 19.3. The highest BCUT2D eigenvalue weighted by atomic mass is 16.5. The van der Waals surface area contributed by atoms with Crippen molar-refractivity contribution in [2.24, 2.45) is 0 Å². The lowest BCUT2D eigenvalue weighted by molar-refractivity contribution is 0.0965. The first-order chi connectivity index (χ1) is 12.8. The number of phenolic OH excluding ortho intramolecular Hbond substituents is 1. The Bertz CT molecular complexity index is 844. The maximum absolute atomic E-state index is 11.9. The van der Waals surface area contributed by atoms with Crippen LogP contribution in [-0.2, 0) is 6.54 Å². The highest BCUT2D eigenvalue weighted by Crippen LogP contribution is 2.43. The minimum atomic E-state index is -0.448. The van der Waals surface area contributed by atoms with Gasteiger partial charge in [-0.1, -0.05) is 23.3 Å². The van der Waals surface area contributed by atoms with Gasteiger partial charge < -0.3 is 15.2 Å². The van der Waals surface area contributed by atoms with E-state index in [1.54, 1.807) is 0 Å². The van der Waals surface area contributed by atoms with Crippen LogP contribution in [0.1, 0.15) is 74.9 Å². The van der Waals surface area contributed by atoms with Crippen LogP contribution in [-0.4, -0.2) is 16.6 Å². The number of allylic oxidation sites excluding steroid dienone is 4. The molecule has 4 heteroatoms. The zero-order valence-electron chi connectivity index (χ0n) is 16.7. The van der Waals surface area contributed by atoms with E-state index < -0.39 is 5.60 Å². The average Bonchev–Trinajstić information content (AvgIpc) is 2.95. The minimum Gasteiger partial charge on any atom is -0.507 e. The van der Waals surface area contributed by atoms with Crippen molar-refractivity contribution in [1.29, 1.82) is 0 Å². The van der Waals surface area contributed by atoms with Crippen LogP contribution in [0.3, 0.4) is 0 Å². The largest absolute Gasteiger partial charge is 0.507 e. The van der Waals surface area contributed by atoms with Gasteiger partial charge >= 0.3 is 0 Å². The van der Waals surface area contributed by atoms with Crippen LogP contribution in [0.5, 0.6) is 11.5 Å². The average molecular weight is 367 g/mol. The lowest BCUT2D eigenvalue weighted by Gasteiger charge is -2.33. The normalized spacial score (nSPS) is 20.6. The van der Waals surface area contributed by atoms with Gasteiger partial charge in [-0.05, 0) is 71.6 Å². The Morgan fingerprint density at radius 3 is 2.81 bits per heavy atom. The van der Waals surface area contributed by atoms with Gasteiger partial charge in [0.05, 0.1) is 11.1 Å². The zero-order chi connectivity index (χ0) is 19.6. The number of amides is 1. The Hall–Kier alpha value is -2.49. The molecule has 0 saturated heterocycles. The van der Waals surface area contributed by atoms with E-state index in [4.69, 9.17) is 4.74 Å². The molecule has 144 valence electrons. The van der Waals surface area contributed by atoms with Gasteiger partial charge in [-0.25, -0.2) is 0 Å². The molecule has 0 bridgehead atoms. The van der Waals surface area contributed by atoms with E-state index in [-0.39, 0.29) is 11.7 Å². The Balaban J connectivity index is 1.69. The molecule has 0 radical (unpaired) electrons. The molecule has 0 saturated carbocycles. The Morgan fingerprint density at radius 1 is 1.30 bits per heavy atom. The third kappa shape index (κ3) is 4.26. The number of benzene rings is 1. The van der Waals surface area contributed by atoms with Gasteiger partial charge in [0.2, 0.25) is 0 Å². The summed E-state index contributed by atoms with van der Waals surface area (Å²) < 4.78 is 6.31. The van der Waals surface area contributed by atoms with Crippen LogP contribution in [0.4, 0.5) is 0 Å². The number of carbonyl (C=O) groups excluding carboxylic acids is 1. The summed E-state index contributed by atoms with van der Waals surface area (Å²) in [6, 6.07) is 1.53. The third-order valence-corrected chi connectivity index (χ3v) is 5.23. The van der Waals surface area contributed by atoms with Crippen LogP contribution in [0.15, 0.2) is 35.4 Å². The number of hydrogen-bond acceptors (Lipinski definition) is 3. The molecule has 27 heavy (non-hydrogen) atoms. The number of rotatable bonds is 6. The quantitative estimate of drug-likeness (QED) is 0.673. The molecule has 1 atom stereocenters. The number of ether oxygens (including phenoxy) is 1. The number of fused-ring (bicyclic) bond motifs is 3. The van der Waals surface area contributed by atoms with Crippen molar-refractivity contribution >= 4 is 12.0 Å². The SMILES string of the molecule is CC(C)=CCC/C(C)=C\CCC1(C)C=Cc2c(O)cc3c(c2O1)CNC3=O. The van der Waals surface area contributed by atoms with Crippen molar-refractivity contribution in [3.05, 3.63) is 52.1 Å². The molecule has 1 aromatic carbocycles. The second-order valence-corrected chi connectivity index (χ2v) is 8.00. The van der Waals surface area contributed by atoms with E-state index in [1.165, 1.54) is 17.2 Å². The van der Waals surface area contributed by atoms with Crippen molar-refractivity contribution in [2.75, 3.05) is 0 Å². The third-order valence-electron chi connectivity index (χ3n) is 5.23. The molecule has 4 nitrogen and oxygen atoms in total. The van der Waals surface area contributed by atoms with Crippen molar-refractivity contribution in [3.8, 4) is 11.5 Å². The molecular formula is C23H29NO3. The number of phenols is 1. The highest BCUT2D eigenvalue weighted by molar-refractivity contribution is 6.00. The minimum absolute atomic E-state index is 0.0918. The molecule has 1 aromatic rings. The topological polar surface area (TPSA) is 58.6 Å². The van der Waals surface area contributed by atoms with Crippen molar-refractivity contribution in [3.63, 3.8) is 0 Å². The van der Waals surface area contributed by atoms with Crippen LogP contribution in [0, 0.1) is 0 Å². The predicted molar refractivity (Wildman–Crippen MR) is 109 cm³/mol. The summed E-state index contributed by atoms with van der Waals surface area (Å²) in [5, 5.41) is 13.1. The Morgan fingerprint density at radius 2 is 2.07 bits per heavy atom. The second-order valence-electron chi connectivity index (χ2n) is 8.00. The maximum atomic E-state index is 11.9. The molecule has 2 aliphatic rings. The van der Waals surface area contributed by atoms with Crippen molar-refractivity contribution in [1.82, 2.24) is 5.32 Å². The predicted octanol–water partition coefficient (Wildman–Crippen LogP) is 5.27. The van der Waals surface area contributed by atoms with Gasteiger partial charge in [-0.3, -0.25) is 4.79 Å². The fraction of sp³-hybridized carbons (Fsp3) is 0.435. The Labute approximate surface area is 161 Å². The summed E-state index contributed by atoms with van der Waals surface area (Å²) in [6.45, 7) is 8.93. The summed E-state index contributed by atoms with van der Waals surface area (Å²) in [7, 11) is 0. The number of hydrogen-bond donors (Lipinski definition) is 2. The zero-order valence-corrected chi connectivity index (χ0v) is 16.7. The fourth-order valence-corrected chi connectivity index (χ4v) is 3.58. The molecule has 3 rings (SSSR count). The molecule has 0 aromatic heterocycles. The van der Waals surface area contributed by atoms with E-state index in [2.05, 4.69) is 45.2 Å². The Kier molecular flexibility index (Phi) is 5.45. The number of nitrogens with one attached hydrogen (secondary N) is 1. The monoisotopic (exact) mass is 367 g/mol. The molecule has 0 spiro atoms. The molecule has 1 unspecified atom stereocenters. The van der Waals surface area contributed by atoms with E-state index in [9.17, 15) is 9.90 Å². The summed E-state index contributed by atoms with van der Waals surface area (Å²) in [6.07, 6.45) is 12.4. The number of aromatic hydroxyl groups is 1. The maximum Gasteiger partial charge on any atom is 0.252 e. The van der Waals surface area contributed by atoms with E-state index in [0.717, 1.165) is 31.2 Å². The molecule has 2 heterocycles. The summed E-state index contributed by atoms with van der Waals surface area (Å²) >= 11 is 0. The first-order valence-electron chi connectivity index (χ1n) is 9.63. The van der Waals surface area contributed by atoms with Gasteiger partial charge in [-0.2, -0.15) is 0 Å². The van der Waals surface area contributed by atoms with Gasteiger partial charge in [-0.15, -0.1) is 0 Å². The first-order valence-corrected chi connectivity index (χ1v) is 9.63. The molecule has 0 aliphatic carbocycles. The van der Waals surface area contributed by atoms with Gasteiger partial charge in [0, 0.05) is 12.1 Å². The lowest BCUT2D eigenvalue weighted by Crippen LogP contribution is -2.32. The summed E-state index contributed by atoms with van der Waals surface area (Å²) in [5.74, 6) is 0.574. The van der Waals surface area contributed by atoms with E-state index in [1.807, 2.05) is 12.2 Å². The standard InChI is InChI=1S/C23H29NO3/c1-15(2)7-5-8-16(3)9-6-11-23(4)12-10-17-20(25)13-18-19(21(17)27-23)14-24-22(18)26/h7,9-10,12-13,25H,5-6,8,11,14H2,1-4H3,(H,24,26)/b16-9-. The highest BCUT2D eigenvalue weighted by Gasteiger charge is 2.34. The van der Waals surface area contributed by atoms with E-state index >= 15 is 0 Å². The van der Waals surface area contributed by atoms with E-state index in [0.29, 0.717) is 23.4 Å². The van der Waals surface area contributed by atoms with Gasteiger partial charge in [0.1, 0.15) is 17.1 Å². The van der Waals surface area contributed by atoms with Gasteiger partial charge in [0.15, 0.2) is 0 Å². The van der Waals surface area contributed by atoms with Crippen LogP contribution >= 0.6 is 0 Å². The number of carbonyl (C=O) groups is 1. The second kappa shape index (κ2) is 7.63. The van der Waals surface area contributed by atoms with Gasteiger partial charge in [0.25, 0.3) is 5.91 Å². The summed E-state index contributed by atoms with van der Waals surface area (Å²) in [4.78, 5) is 11.9. The molecule has 2 N–H and O–H groups in total. The van der Waals surface area contributed by atoms with Crippen LogP contribution < -0.4 is 10.1 Å². The fourth-order valence-electron chi connectivity index (χ4n) is 3.58.